The van der Waals surface area contributed by atoms with E-state index < -0.39 is 5.54 Å². The highest BCUT2D eigenvalue weighted by molar-refractivity contribution is 7.09. The number of hydrogen-bond donors (Lipinski definition) is 1. The van der Waals surface area contributed by atoms with Gasteiger partial charge in [-0.3, -0.25) is 14.6 Å². The number of nitrogens with zero attached hydrogens (tertiary/aromatic N) is 2. The zero-order valence-corrected chi connectivity index (χ0v) is 13.3. The molecule has 1 N–H and O–H groups in total. The van der Waals surface area contributed by atoms with Crippen LogP contribution in [0.25, 0.3) is 0 Å². The summed E-state index contributed by atoms with van der Waals surface area (Å²) in [6, 6.07) is 3.79. The molecule has 0 unspecified atom stereocenters. The Morgan fingerprint density at radius 2 is 2.24 bits per heavy atom. The largest absolute Gasteiger partial charge is 0.325 e. The monoisotopic (exact) mass is 307 g/mol. The summed E-state index contributed by atoms with van der Waals surface area (Å²) in [5, 5.41) is 4.74. The van der Waals surface area contributed by atoms with E-state index in [1.807, 2.05) is 17.5 Å². The number of imide groups is 1. The predicted octanol–water partition coefficient (Wildman–Crippen LogP) is 2.07. The molecule has 0 aromatic carbocycles. The molecule has 5 nitrogen and oxygen atoms in total. The van der Waals surface area contributed by atoms with Gasteiger partial charge in [0, 0.05) is 31.1 Å². The molecule has 1 aromatic rings. The Morgan fingerprint density at radius 3 is 2.76 bits per heavy atom. The molecule has 0 atom stereocenters. The lowest BCUT2D eigenvalue weighted by Crippen LogP contribution is -2.41. The molecule has 1 aliphatic heterocycles. The first-order valence-corrected chi connectivity index (χ1v) is 7.82. The second-order valence-corrected chi connectivity index (χ2v) is 6.65. The quantitative estimate of drug-likeness (QED) is 0.620. The number of hydrogen-bond acceptors (Lipinski definition) is 4. The van der Waals surface area contributed by atoms with Crippen molar-refractivity contribution < 1.29 is 9.59 Å². The molecule has 0 bridgehead atoms. The first-order valence-electron chi connectivity index (χ1n) is 6.94. The Balaban J connectivity index is 1.94. The fourth-order valence-corrected chi connectivity index (χ4v) is 3.05. The Kier molecular flexibility index (Phi) is 4.80. The molecule has 1 fully saturated rings. The van der Waals surface area contributed by atoms with Gasteiger partial charge in [-0.15, -0.1) is 17.9 Å². The molecular weight excluding hydrogens is 286 g/mol. The highest BCUT2D eigenvalue weighted by atomic mass is 32.1. The minimum absolute atomic E-state index is 0.165. The van der Waals surface area contributed by atoms with Crippen molar-refractivity contribution in [2.24, 2.45) is 0 Å². The number of carbonyl (C=O) groups excluding carboxylic acids is 2. The topological polar surface area (TPSA) is 52.6 Å². The lowest BCUT2D eigenvalue weighted by Gasteiger charge is -2.23. The summed E-state index contributed by atoms with van der Waals surface area (Å²) in [4.78, 5) is 28.7. The van der Waals surface area contributed by atoms with Gasteiger partial charge in [0.25, 0.3) is 5.91 Å². The van der Waals surface area contributed by atoms with Crippen LogP contribution in [0.4, 0.5) is 4.79 Å². The first-order chi connectivity index (χ1) is 9.94. The first kappa shape index (κ1) is 15.7. The van der Waals surface area contributed by atoms with Crippen molar-refractivity contribution in [3.05, 3.63) is 35.0 Å². The average Bonchev–Trinajstić information content (AvgIpc) is 2.96. The number of carbonyl (C=O) groups is 2. The minimum atomic E-state index is -0.798. The third-order valence-electron chi connectivity index (χ3n) is 3.43. The van der Waals surface area contributed by atoms with Crippen LogP contribution in [0.1, 0.15) is 18.7 Å². The van der Waals surface area contributed by atoms with Crippen molar-refractivity contribution >= 4 is 23.3 Å². The van der Waals surface area contributed by atoms with Crippen molar-refractivity contribution in [1.82, 2.24) is 15.1 Å². The van der Waals surface area contributed by atoms with Gasteiger partial charge < -0.3 is 5.32 Å². The van der Waals surface area contributed by atoms with Crippen LogP contribution < -0.4 is 5.32 Å². The Labute approximate surface area is 129 Å². The third-order valence-corrected chi connectivity index (χ3v) is 4.29. The lowest BCUT2D eigenvalue weighted by atomic mass is 10.1. The van der Waals surface area contributed by atoms with Gasteiger partial charge >= 0.3 is 6.03 Å². The van der Waals surface area contributed by atoms with E-state index in [1.165, 1.54) is 9.78 Å². The molecule has 0 radical (unpaired) electrons. The van der Waals surface area contributed by atoms with Crippen LogP contribution in [0, 0.1) is 0 Å². The van der Waals surface area contributed by atoms with Crippen molar-refractivity contribution in [2.45, 2.75) is 25.9 Å². The van der Waals surface area contributed by atoms with Crippen molar-refractivity contribution in [3.63, 3.8) is 0 Å². The van der Waals surface area contributed by atoms with Crippen LogP contribution in [0.5, 0.6) is 0 Å². The minimum Gasteiger partial charge on any atom is -0.324 e. The van der Waals surface area contributed by atoms with Crippen molar-refractivity contribution in [2.75, 3.05) is 19.6 Å². The van der Waals surface area contributed by atoms with Gasteiger partial charge in [0.2, 0.25) is 0 Å². The van der Waals surface area contributed by atoms with E-state index in [0.717, 1.165) is 13.1 Å². The van der Waals surface area contributed by atoms with E-state index in [9.17, 15) is 9.59 Å². The molecule has 1 aliphatic rings. The summed E-state index contributed by atoms with van der Waals surface area (Å²) in [6.07, 6.45) is 1.84. The van der Waals surface area contributed by atoms with Crippen LogP contribution in [0.2, 0.25) is 0 Å². The van der Waals surface area contributed by atoms with Crippen molar-refractivity contribution in [3.8, 4) is 0 Å². The molecular formula is C15H21N3O2S. The van der Waals surface area contributed by atoms with Gasteiger partial charge in [0.15, 0.2) is 0 Å². The van der Waals surface area contributed by atoms with Crippen molar-refractivity contribution in [1.29, 1.82) is 0 Å². The number of nitrogens with one attached hydrogen (secondary N) is 1. The third kappa shape index (κ3) is 3.71. The second-order valence-electron chi connectivity index (χ2n) is 5.62. The summed E-state index contributed by atoms with van der Waals surface area (Å²) >= 11 is 1.70. The highest BCUT2D eigenvalue weighted by Crippen LogP contribution is 2.17. The van der Waals surface area contributed by atoms with E-state index in [1.54, 1.807) is 25.2 Å². The van der Waals surface area contributed by atoms with Gasteiger partial charge in [-0.25, -0.2) is 4.79 Å². The zero-order chi connectivity index (χ0) is 15.5. The fraction of sp³-hybridized carbons (Fsp3) is 0.467. The van der Waals surface area contributed by atoms with Crippen LogP contribution in [-0.2, 0) is 11.3 Å². The maximum atomic E-state index is 12.1. The lowest BCUT2D eigenvalue weighted by molar-refractivity contribution is -0.130. The fourth-order valence-electron chi connectivity index (χ4n) is 2.30. The van der Waals surface area contributed by atoms with Gasteiger partial charge in [-0.05, 0) is 25.3 Å². The van der Waals surface area contributed by atoms with Gasteiger partial charge in [0.05, 0.1) is 0 Å². The molecule has 2 heterocycles. The summed E-state index contributed by atoms with van der Waals surface area (Å²) in [5.41, 5.74) is -0.798. The predicted molar refractivity (Wildman–Crippen MR) is 84.1 cm³/mol. The number of amides is 3. The number of rotatable bonds is 7. The average molecular weight is 307 g/mol. The standard InChI is InChI=1S/C15H21N3O2S/c1-4-7-17(11-12-6-5-10-21-12)8-9-18-13(19)15(2,3)16-14(18)20/h4-6,10H,1,7-9,11H2,2-3H3,(H,16,20). The summed E-state index contributed by atoms with van der Waals surface area (Å²) in [7, 11) is 0. The van der Waals surface area contributed by atoms with Crippen LogP contribution in [0.3, 0.4) is 0 Å². The van der Waals surface area contributed by atoms with Gasteiger partial charge in [-0.1, -0.05) is 12.1 Å². The second kappa shape index (κ2) is 6.41. The SMILES string of the molecule is C=CCN(CCN1C(=O)NC(C)(C)C1=O)Cc1cccs1. The molecule has 21 heavy (non-hydrogen) atoms. The molecule has 0 saturated carbocycles. The van der Waals surface area contributed by atoms with E-state index >= 15 is 0 Å². The Bertz CT molecular complexity index is 525. The van der Waals surface area contributed by atoms with Crippen LogP contribution in [0.15, 0.2) is 30.2 Å². The maximum absolute atomic E-state index is 12.1. The summed E-state index contributed by atoms with van der Waals surface area (Å²) < 4.78 is 0. The van der Waals surface area contributed by atoms with E-state index in [2.05, 4.69) is 22.9 Å². The molecule has 3 amide bonds. The van der Waals surface area contributed by atoms with E-state index in [-0.39, 0.29) is 11.9 Å². The Morgan fingerprint density at radius 1 is 1.48 bits per heavy atom. The number of urea groups is 1. The van der Waals surface area contributed by atoms with Gasteiger partial charge in [-0.2, -0.15) is 0 Å². The highest BCUT2D eigenvalue weighted by Gasteiger charge is 2.43. The molecule has 1 aromatic heterocycles. The summed E-state index contributed by atoms with van der Waals surface area (Å²) in [5.74, 6) is -0.165. The smallest absolute Gasteiger partial charge is 0.324 e. The normalized spacial score (nSPS) is 17.4. The zero-order valence-electron chi connectivity index (χ0n) is 12.5. The molecule has 0 aliphatic carbocycles. The molecule has 114 valence electrons. The molecule has 2 rings (SSSR count). The number of thiophene rings is 1. The molecule has 6 heteroatoms. The molecule has 1 saturated heterocycles. The van der Waals surface area contributed by atoms with Crippen LogP contribution in [-0.4, -0.2) is 46.9 Å². The van der Waals surface area contributed by atoms with Gasteiger partial charge in [0.1, 0.15) is 5.54 Å². The van der Waals surface area contributed by atoms with E-state index in [4.69, 9.17) is 0 Å². The van der Waals surface area contributed by atoms with Crippen LogP contribution >= 0.6 is 11.3 Å². The maximum Gasteiger partial charge on any atom is 0.325 e. The molecule has 0 spiro atoms. The Hall–Kier alpha value is -1.66. The summed E-state index contributed by atoms with van der Waals surface area (Å²) in [6.45, 7) is 9.77. The van der Waals surface area contributed by atoms with E-state index in [0.29, 0.717) is 13.1 Å².